The molecule has 0 bridgehead atoms. The fraction of sp³-hybridized carbons (Fsp3) is 0.440. The lowest BCUT2D eigenvalue weighted by molar-refractivity contribution is 0.0608. The monoisotopic (exact) mass is 825 g/mol. The number of fused-ring (bicyclic) bond motifs is 2. The van der Waals surface area contributed by atoms with E-state index in [1.807, 2.05) is 91.1 Å². The summed E-state index contributed by atoms with van der Waals surface area (Å²) in [5, 5.41) is 0. The molecule has 2 fully saturated rings. The fourth-order valence-corrected chi connectivity index (χ4v) is 8.80. The molecule has 4 aromatic carbocycles. The minimum absolute atomic E-state index is 0.104. The van der Waals surface area contributed by atoms with Gasteiger partial charge in [0.25, 0.3) is 11.8 Å². The SMILES string of the molecule is COc1ccc2ncn(Cc3ccc(C(=O)N(C)C4CCN(C(C)C)CC4)cc3)c2c1.Cc1ccc2ncn(Cc3ccc(C(=O)N(C)C4CCN(C(C)C)CC4)cc3)c2c1. The number of methoxy groups -OCH3 is 1. The number of imidazole rings is 2. The topological polar surface area (TPSA) is 92.0 Å². The molecule has 6 aromatic rings. The predicted molar refractivity (Wildman–Crippen MR) is 245 cm³/mol. The van der Waals surface area contributed by atoms with Gasteiger partial charge >= 0.3 is 0 Å². The summed E-state index contributed by atoms with van der Waals surface area (Å²) in [5.74, 6) is 1.04. The van der Waals surface area contributed by atoms with Crippen molar-refractivity contribution in [2.24, 2.45) is 0 Å². The predicted octanol–water partition coefficient (Wildman–Crippen LogP) is 8.38. The molecule has 0 atom stereocenters. The third kappa shape index (κ3) is 10.3. The second-order valence-corrected chi connectivity index (χ2v) is 17.5. The van der Waals surface area contributed by atoms with Crippen LogP contribution in [0.2, 0.25) is 0 Å². The zero-order chi connectivity index (χ0) is 43.2. The van der Waals surface area contributed by atoms with E-state index in [0.717, 1.165) is 103 Å². The van der Waals surface area contributed by atoms with Crippen LogP contribution in [0.15, 0.2) is 97.6 Å². The number of likely N-dealkylation sites (tertiary alicyclic amines) is 2. The number of carbonyl (C=O) groups excluding carboxylic acids is 2. The third-order valence-electron chi connectivity index (χ3n) is 12.9. The third-order valence-corrected chi connectivity index (χ3v) is 12.9. The van der Waals surface area contributed by atoms with Crippen LogP contribution in [0, 0.1) is 6.92 Å². The highest BCUT2D eigenvalue weighted by atomic mass is 16.5. The Bertz CT molecular complexity index is 2380. The highest BCUT2D eigenvalue weighted by Gasteiger charge is 2.28. The van der Waals surface area contributed by atoms with Gasteiger partial charge < -0.3 is 33.5 Å². The van der Waals surface area contributed by atoms with Crippen LogP contribution in [0.1, 0.15) is 90.8 Å². The summed E-state index contributed by atoms with van der Waals surface area (Å²) in [5.41, 5.74) is 9.16. The lowest BCUT2D eigenvalue weighted by atomic mass is 10.0. The molecule has 2 aromatic heterocycles. The van der Waals surface area contributed by atoms with Crippen molar-refractivity contribution < 1.29 is 14.3 Å². The molecule has 61 heavy (non-hydrogen) atoms. The molecule has 0 N–H and O–H groups in total. The van der Waals surface area contributed by atoms with Crippen LogP contribution in [0.5, 0.6) is 5.75 Å². The van der Waals surface area contributed by atoms with Crippen molar-refractivity contribution in [1.29, 1.82) is 0 Å². The quantitative estimate of drug-likeness (QED) is 0.130. The Kier molecular flexibility index (Phi) is 13.9. The summed E-state index contributed by atoms with van der Waals surface area (Å²) >= 11 is 0. The lowest BCUT2D eigenvalue weighted by Crippen LogP contribution is -2.47. The molecule has 0 saturated carbocycles. The molecule has 0 radical (unpaired) electrons. The smallest absolute Gasteiger partial charge is 0.253 e. The Balaban J connectivity index is 0.000000184. The number of carbonyl (C=O) groups is 2. The van der Waals surface area contributed by atoms with Crippen LogP contribution in [0.4, 0.5) is 0 Å². The van der Waals surface area contributed by atoms with E-state index < -0.39 is 0 Å². The minimum atomic E-state index is 0.104. The van der Waals surface area contributed by atoms with E-state index in [1.165, 1.54) is 11.1 Å². The highest BCUT2D eigenvalue weighted by molar-refractivity contribution is 5.95. The lowest BCUT2D eigenvalue weighted by Gasteiger charge is -2.38. The Morgan fingerprint density at radius 3 is 1.44 bits per heavy atom. The summed E-state index contributed by atoms with van der Waals surface area (Å²) in [7, 11) is 5.56. The maximum atomic E-state index is 13.0. The number of nitrogens with zero attached hydrogens (tertiary/aromatic N) is 8. The van der Waals surface area contributed by atoms with Crippen LogP contribution in [-0.4, -0.2) is 122 Å². The Morgan fingerprint density at radius 1 is 0.623 bits per heavy atom. The summed E-state index contributed by atoms with van der Waals surface area (Å²) < 4.78 is 9.60. The molecule has 2 amide bonds. The molecular weight excluding hydrogens is 761 g/mol. The van der Waals surface area contributed by atoms with Gasteiger partial charge in [0.2, 0.25) is 0 Å². The molecule has 2 aliphatic heterocycles. The number of ether oxygens (including phenoxy) is 1. The van der Waals surface area contributed by atoms with E-state index in [-0.39, 0.29) is 11.8 Å². The van der Waals surface area contributed by atoms with E-state index in [4.69, 9.17) is 4.74 Å². The van der Waals surface area contributed by atoms with Crippen LogP contribution >= 0.6 is 0 Å². The van der Waals surface area contributed by atoms with Gasteiger partial charge in [-0.2, -0.15) is 0 Å². The van der Waals surface area contributed by atoms with Crippen molar-refractivity contribution >= 4 is 33.9 Å². The Hall–Kier alpha value is -5.52. The van der Waals surface area contributed by atoms with E-state index in [1.54, 1.807) is 7.11 Å². The van der Waals surface area contributed by atoms with Gasteiger partial charge in [-0.25, -0.2) is 9.97 Å². The molecule has 0 unspecified atom stereocenters. The molecule has 11 heteroatoms. The van der Waals surface area contributed by atoms with Gasteiger partial charge in [-0.3, -0.25) is 9.59 Å². The second kappa shape index (κ2) is 19.5. The molecule has 8 rings (SSSR count). The standard InChI is InChI=1S/C25H32N4O2.C25H32N4O/c1-18(2)28-13-11-21(12-14-28)27(3)25(30)20-7-5-19(6-8-20)16-29-17-26-23-10-9-22(31-4)15-24(23)29;1-18(2)28-13-11-22(12-14-28)27(4)25(30)21-8-6-20(7-9-21)16-29-17-26-23-10-5-19(3)15-24(23)29/h5-10,15,17-18,21H,11-14,16H2,1-4H3;5-10,15,17-18,22H,11-14,16H2,1-4H3. The summed E-state index contributed by atoms with van der Waals surface area (Å²) in [6, 6.07) is 30.0. The largest absolute Gasteiger partial charge is 0.497 e. The molecule has 2 saturated heterocycles. The Morgan fingerprint density at radius 2 is 1.03 bits per heavy atom. The summed E-state index contributed by atoms with van der Waals surface area (Å²) in [6.07, 6.45) is 7.91. The molecular formula is C50H64N8O3. The Labute approximate surface area is 361 Å². The fourth-order valence-electron chi connectivity index (χ4n) is 8.80. The maximum Gasteiger partial charge on any atom is 0.253 e. The average Bonchev–Trinajstić information content (AvgIpc) is 3.88. The van der Waals surface area contributed by atoms with Gasteiger partial charge in [0.15, 0.2) is 0 Å². The zero-order valence-electron chi connectivity index (χ0n) is 37.4. The first-order valence-corrected chi connectivity index (χ1v) is 22.0. The van der Waals surface area contributed by atoms with E-state index in [0.29, 0.717) is 30.7 Å². The maximum absolute atomic E-state index is 13.0. The van der Waals surface area contributed by atoms with E-state index in [9.17, 15) is 9.59 Å². The molecule has 4 heterocycles. The van der Waals surface area contributed by atoms with Crippen LogP contribution in [-0.2, 0) is 13.1 Å². The number of hydrogen-bond acceptors (Lipinski definition) is 7. The number of amides is 2. The summed E-state index contributed by atoms with van der Waals surface area (Å²) in [6.45, 7) is 16.7. The van der Waals surface area contributed by atoms with Gasteiger partial charge in [0, 0.05) is 94.7 Å². The van der Waals surface area contributed by atoms with Gasteiger partial charge in [-0.15, -0.1) is 0 Å². The average molecular weight is 825 g/mol. The number of aromatic nitrogens is 4. The molecule has 322 valence electrons. The zero-order valence-corrected chi connectivity index (χ0v) is 37.4. The first kappa shape index (κ1) is 43.6. The number of rotatable bonds is 11. The van der Waals surface area contributed by atoms with Crippen LogP contribution in [0.25, 0.3) is 22.1 Å². The first-order valence-electron chi connectivity index (χ1n) is 22.0. The van der Waals surface area contributed by atoms with Crippen molar-refractivity contribution in [1.82, 2.24) is 38.7 Å². The van der Waals surface area contributed by atoms with Crippen molar-refractivity contribution in [3.05, 3.63) is 125 Å². The van der Waals surface area contributed by atoms with Gasteiger partial charge in [0.1, 0.15) is 5.75 Å². The number of benzene rings is 4. The highest BCUT2D eigenvalue weighted by Crippen LogP contribution is 2.24. The number of piperidine rings is 2. The van der Waals surface area contributed by atoms with E-state index in [2.05, 4.69) is 93.9 Å². The second-order valence-electron chi connectivity index (χ2n) is 17.5. The number of hydrogen-bond donors (Lipinski definition) is 0. The van der Waals surface area contributed by atoms with Crippen molar-refractivity contribution in [2.75, 3.05) is 47.4 Å². The van der Waals surface area contributed by atoms with Crippen molar-refractivity contribution in [3.8, 4) is 5.75 Å². The number of aryl methyl sites for hydroxylation is 1. The van der Waals surface area contributed by atoms with Gasteiger partial charge in [0.05, 0.1) is 41.8 Å². The first-order chi connectivity index (χ1) is 29.4. The van der Waals surface area contributed by atoms with Gasteiger partial charge in [-0.05, 0) is 126 Å². The normalized spacial score (nSPS) is 15.6. The van der Waals surface area contributed by atoms with Crippen molar-refractivity contribution in [3.63, 3.8) is 0 Å². The van der Waals surface area contributed by atoms with Crippen molar-refractivity contribution in [2.45, 2.75) is 97.6 Å². The van der Waals surface area contributed by atoms with E-state index >= 15 is 0 Å². The minimum Gasteiger partial charge on any atom is -0.497 e. The molecule has 0 aliphatic carbocycles. The molecule has 11 nitrogen and oxygen atoms in total. The van der Waals surface area contributed by atoms with Crippen LogP contribution in [0.3, 0.4) is 0 Å². The summed E-state index contributed by atoms with van der Waals surface area (Å²) in [4.78, 5) is 43.8. The van der Waals surface area contributed by atoms with Crippen LogP contribution < -0.4 is 4.74 Å². The van der Waals surface area contributed by atoms with Gasteiger partial charge in [-0.1, -0.05) is 30.3 Å². The molecule has 0 spiro atoms. The molecule has 2 aliphatic rings.